The predicted octanol–water partition coefficient (Wildman–Crippen LogP) is 2.91. The maximum absolute atomic E-state index is 13.8. The Labute approximate surface area is 109 Å². The smallest absolute Gasteiger partial charge is 0.127 e. The summed E-state index contributed by atoms with van der Waals surface area (Å²) in [6.07, 6.45) is 3.74. The van der Waals surface area contributed by atoms with Gasteiger partial charge in [-0.15, -0.1) is 0 Å². The maximum Gasteiger partial charge on any atom is 0.127 e. The molecule has 1 aromatic rings. The first kappa shape index (κ1) is 13.5. The van der Waals surface area contributed by atoms with Crippen molar-refractivity contribution in [1.29, 1.82) is 0 Å². The molecule has 0 saturated carbocycles. The summed E-state index contributed by atoms with van der Waals surface area (Å²) in [4.78, 5) is 2.36. The van der Waals surface area contributed by atoms with Gasteiger partial charge in [0.05, 0.1) is 0 Å². The lowest BCUT2D eigenvalue weighted by Crippen LogP contribution is -2.24. The summed E-state index contributed by atoms with van der Waals surface area (Å²) < 4.78 is 13.8. The molecule has 0 radical (unpaired) electrons. The molecule has 0 aromatic heterocycles. The van der Waals surface area contributed by atoms with Crippen LogP contribution < -0.4 is 5.73 Å². The highest BCUT2D eigenvalue weighted by Gasteiger charge is 2.15. The van der Waals surface area contributed by atoms with E-state index < -0.39 is 0 Å². The van der Waals surface area contributed by atoms with Gasteiger partial charge in [-0.05, 0) is 49.9 Å². The number of rotatable bonds is 3. The molecule has 100 valence electrons. The number of likely N-dealkylation sites (tertiary alicyclic amines) is 1. The lowest BCUT2D eigenvalue weighted by molar-refractivity contribution is 0.269. The van der Waals surface area contributed by atoms with Crippen LogP contribution in [-0.2, 0) is 13.1 Å². The van der Waals surface area contributed by atoms with Gasteiger partial charge in [-0.2, -0.15) is 0 Å². The molecule has 1 aliphatic rings. The van der Waals surface area contributed by atoms with Gasteiger partial charge >= 0.3 is 0 Å². The van der Waals surface area contributed by atoms with Crippen molar-refractivity contribution in [2.45, 2.75) is 39.3 Å². The third-order valence-electron chi connectivity index (χ3n) is 3.85. The lowest BCUT2D eigenvalue weighted by atomic mass is 10.0. The highest BCUT2D eigenvalue weighted by atomic mass is 19.1. The van der Waals surface area contributed by atoms with Gasteiger partial charge in [0, 0.05) is 18.7 Å². The average molecular weight is 250 g/mol. The summed E-state index contributed by atoms with van der Waals surface area (Å²) in [5.74, 6) is 0.694. The Balaban J connectivity index is 2.03. The van der Waals surface area contributed by atoms with Crippen molar-refractivity contribution in [3.63, 3.8) is 0 Å². The molecule has 1 saturated heterocycles. The minimum Gasteiger partial charge on any atom is -0.326 e. The molecule has 1 aliphatic heterocycles. The Bertz CT molecular complexity index is 392. The highest BCUT2D eigenvalue weighted by Crippen LogP contribution is 2.19. The van der Waals surface area contributed by atoms with Crippen molar-refractivity contribution in [2.75, 3.05) is 13.1 Å². The zero-order valence-corrected chi connectivity index (χ0v) is 11.2. The summed E-state index contributed by atoms with van der Waals surface area (Å²) in [5.41, 5.74) is 7.40. The summed E-state index contributed by atoms with van der Waals surface area (Å²) in [5, 5.41) is 0. The third kappa shape index (κ3) is 3.53. The molecule has 1 atom stereocenters. The standard InChI is InChI=1S/C15H23FN2/c1-12-3-2-7-18(8-6-12)11-14-9-13(10-17)4-5-15(14)16/h4-5,9,12H,2-3,6-8,10-11,17H2,1H3. The Kier molecular flexibility index (Phi) is 4.72. The summed E-state index contributed by atoms with van der Waals surface area (Å²) in [6, 6.07) is 5.21. The number of hydrogen-bond acceptors (Lipinski definition) is 2. The van der Waals surface area contributed by atoms with E-state index in [0.29, 0.717) is 13.1 Å². The molecule has 1 fully saturated rings. The molecule has 0 aliphatic carbocycles. The zero-order valence-electron chi connectivity index (χ0n) is 11.2. The first-order chi connectivity index (χ1) is 8.69. The second kappa shape index (κ2) is 6.30. The predicted molar refractivity (Wildman–Crippen MR) is 72.6 cm³/mol. The fourth-order valence-electron chi connectivity index (χ4n) is 2.60. The van der Waals surface area contributed by atoms with E-state index in [1.165, 1.54) is 25.3 Å². The monoisotopic (exact) mass is 250 g/mol. The van der Waals surface area contributed by atoms with Gasteiger partial charge in [-0.3, -0.25) is 4.90 Å². The third-order valence-corrected chi connectivity index (χ3v) is 3.85. The first-order valence-corrected chi connectivity index (χ1v) is 6.88. The Hall–Kier alpha value is -0.930. The number of halogens is 1. The van der Waals surface area contributed by atoms with Gasteiger partial charge in [-0.1, -0.05) is 19.1 Å². The Morgan fingerprint density at radius 3 is 2.94 bits per heavy atom. The molecule has 2 rings (SSSR count). The van der Waals surface area contributed by atoms with Crippen LogP contribution >= 0.6 is 0 Å². The van der Waals surface area contributed by atoms with Gasteiger partial charge < -0.3 is 5.73 Å². The summed E-state index contributed by atoms with van der Waals surface area (Å²) in [7, 11) is 0. The Morgan fingerprint density at radius 2 is 2.17 bits per heavy atom. The zero-order chi connectivity index (χ0) is 13.0. The largest absolute Gasteiger partial charge is 0.326 e. The first-order valence-electron chi connectivity index (χ1n) is 6.88. The minimum absolute atomic E-state index is 0.107. The topological polar surface area (TPSA) is 29.3 Å². The van der Waals surface area contributed by atoms with E-state index in [0.717, 1.165) is 30.1 Å². The maximum atomic E-state index is 13.8. The summed E-state index contributed by atoms with van der Waals surface area (Å²) in [6.45, 7) is 5.65. The van der Waals surface area contributed by atoms with E-state index in [2.05, 4.69) is 11.8 Å². The molecule has 0 bridgehead atoms. The fourth-order valence-corrected chi connectivity index (χ4v) is 2.60. The highest BCUT2D eigenvalue weighted by molar-refractivity contribution is 5.25. The number of nitrogens with zero attached hydrogens (tertiary/aromatic N) is 1. The van der Waals surface area contributed by atoms with Crippen molar-refractivity contribution in [3.8, 4) is 0 Å². The van der Waals surface area contributed by atoms with Crippen LogP contribution in [0.3, 0.4) is 0 Å². The molecule has 1 unspecified atom stereocenters. The lowest BCUT2D eigenvalue weighted by Gasteiger charge is -2.20. The Morgan fingerprint density at radius 1 is 1.33 bits per heavy atom. The van der Waals surface area contributed by atoms with Gasteiger partial charge in [0.2, 0.25) is 0 Å². The van der Waals surface area contributed by atoms with Crippen LogP contribution in [0.25, 0.3) is 0 Å². The van der Waals surface area contributed by atoms with Crippen LogP contribution in [0.2, 0.25) is 0 Å². The number of benzene rings is 1. The second-order valence-electron chi connectivity index (χ2n) is 5.44. The molecule has 3 heteroatoms. The van der Waals surface area contributed by atoms with Crippen LogP contribution in [-0.4, -0.2) is 18.0 Å². The minimum atomic E-state index is -0.107. The van der Waals surface area contributed by atoms with Crippen molar-refractivity contribution < 1.29 is 4.39 Å². The van der Waals surface area contributed by atoms with Crippen molar-refractivity contribution in [3.05, 3.63) is 35.1 Å². The van der Waals surface area contributed by atoms with Crippen LogP contribution in [0.4, 0.5) is 4.39 Å². The van der Waals surface area contributed by atoms with E-state index in [1.807, 2.05) is 6.07 Å². The molecular weight excluding hydrogens is 227 g/mol. The molecule has 2 N–H and O–H groups in total. The van der Waals surface area contributed by atoms with Gasteiger partial charge in [-0.25, -0.2) is 4.39 Å². The van der Waals surface area contributed by atoms with Crippen LogP contribution in [0.1, 0.15) is 37.3 Å². The van der Waals surface area contributed by atoms with Crippen molar-refractivity contribution in [2.24, 2.45) is 11.7 Å². The summed E-state index contributed by atoms with van der Waals surface area (Å²) >= 11 is 0. The molecule has 1 heterocycles. The SMILES string of the molecule is CC1CCCN(Cc2cc(CN)ccc2F)CC1. The van der Waals surface area contributed by atoms with Crippen LogP contribution in [0.15, 0.2) is 18.2 Å². The van der Waals surface area contributed by atoms with Crippen molar-refractivity contribution >= 4 is 0 Å². The van der Waals surface area contributed by atoms with Crippen molar-refractivity contribution in [1.82, 2.24) is 4.90 Å². The average Bonchev–Trinajstić information content (AvgIpc) is 2.57. The second-order valence-corrected chi connectivity index (χ2v) is 5.44. The molecule has 18 heavy (non-hydrogen) atoms. The van der Waals surface area contributed by atoms with Gasteiger partial charge in [0.25, 0.3) is 0 Å². The van der Waals surface area contributed by atoms with Crippen LogP contribution in [0.5, 0.6) is 0 Å². The fraction of sp³-hybridized carbons (Fsp3) is 0.600. The molecule has 2 nitrogen and oxygen atoms in total. The van der Waals surface area contributed by atoms with Gasteiger partial charge in [0.1, 0.15) is 5.82 Å². The molecule has 0 amide bonds. The van der Waals surface area contributed by atoms with E-state index in [1.54, 1.807) is 6.07 Å². The molecular formula is C15H23FN2. The molecule has 1 aromatic carbocycles. The van der Waals surface area contributed by atoms with E-state index in [9.17, 15) is 4.39 Å². The van der Waals surface area contributed by atoms with E-state index in [4.69, 9.17) is 5.73 Å². The van der Waals surface area contributed by atoms with E-state index in [-0.39, 0.29) is 5.82 Å². The van der Waals surface area contributed by atoms with Crippen LogP contribution in [0, 0.1) is 11.7 Å². The van der Waals surface area contributed by atoms with Gasteiger partial charge in [0.15, 0.2) is 0 Å². The number of hydrogen-bond donors (Lipinski definition) is 1. The quantitative estimate of drug-likeness (QED) is 0.893. The number of nitrogens with two attached hydrogens (primary N) is 1. The molecule has 0 spiro atoms. The van der Waals surface area contributed by atoms with E-state index >= 15 is 0 Å². The normalized spacial score (nSPS) is 21.8.